The molecule has 0 amide bonds. The number of benzene rings is 9. The Morgan fingerprint density at radius 3 is 1.34 bits per heavy atom. The molecule has 0 saturated carbocycles. The van der Waals surface area contributed by atoms with Crippen molar-refractivity contribution in [3.05, 3.63) is 268 Å². The number of hydrogen-bond donors (Lipinski definition) is 0. The highest BCUT2D eigenvalue weighted by Gasteiger charge is 2.47. The van der Waals surface area contributed by atoms with Crippen LogP contribution in [0.2, 0.25) is 0 Å². The second-order valence-corrected chi connectivity index (χ2v) is 17.0. The molecule has 1 heteroatoms. The fraction of sp³-hybridized carbons (Fsp3) is 0.100. The molecule has 0 N–H and O–H groups in total. The van der Waals surface area contributed by atoms with Gasteiger partial charge in [0.15, 0.2) is 0 Å². The smallest absolute Gasteiger partial charge is 0.0714 e. The first-order chi connectivity index (χ1) is 34.0. The van der Waals surface area contributed by atoms with Gasteiger partial charge in [-0.1, -0.05) is 196 Å². The van der Waals surface area contributed by atoms with Crippen molar-refractivity contribution in [3.8, 4) is 33.4 Å². The van der Waals surface area contributed by atoms with E-state index in [1.54, 1.807) is 12.1 Å². The van der Waals surface area contributed by atoms with Gasteiger partial charge in [0.05, 0.1) is 19.1 Å². The first-order valence-electron chi connectivity index (χ1n) is 25.8. The van der Waals surface area contributed by atoms with Gasteiger partial charge in [-0.05, 0) is 127 Å². The molecule has 1 nitrogen and oxygen atoms in total. The summed E-state index contributed by atoms with van der Waals surface area (Å²) in [6.07, 6.45) is 0. The van der Waals surface area contributed by atoms with Gasteiger partial charge in [0.2, 0.25) is 0 Å². The molecule has 3 aliphatic rings. The fourth-order valence-electron chi connectivity index (χ4n) is 10.9. The Balaban J connectivity index is 1.19. The van der Waals surface area contributed by atoms with Crippen molar-refractivity contribution in [2.24, 2.45) is 0 Å². The minimum Gasteiger partial charge on any atom is -0.310 e. The molecule has 0 radical (unpaired) electrons. The monoisotopic (exact) mass is 789 g/mol. The molecule has 0 heterocycles. The van der Waals surface area contributed by atoms with Crippen LogP contribution in [-0.4, -0.2) is 0 Å². The molecule has 1 atom stereocenters. The first-order valence-corrected chi connectivity index (χ1v) is 20.8. The Morgan fingerprint density at radius 2 is 0.754 bits per heavy atom. The maximum atomic E-state index is 9.62. The number of rotatable bonds is 6. The highest BCUT2D eigenvalue weighted by molar-refractivity contribution is 5.92. The van der Waals surface area contributed by atoms with Crippen molar-refractivity contribution in [1.29, 1.82) is 0 Å². The van der Waals surface area contributed by atoms with Gasteiger partial charge in [-0.15, -0.1) is 0 Å². The van der Waals surface area contributed by atoms with E-state index in [-0.39, 0.29) is 16.5 Å². The zero-order chi connectivity index (χ0) is 49.6. The molecule has 0 fully saturated rings. The topological polar surface area (TPSA) is 3.24 Å². The first kappa shape index (κ1) is 26.8. The van der Waals surface area contributed by atoms with Crippen LogP contribution >= 0.6 is 0 Å². The fourth-order valence-corrected chi connectivity index (χ4v) is 10.9. The number of hydrogen-bond acceptors (Lipinski definition) is 1. The molecule has 9 aromatic carbocycles. The van der Waals surface area contributed by atoms with Gasteiger partial charge in [0, 0.05) is 27.9 Å². The average Bonchev–Trinajstić information content (AvgIpc) is 3.92. The Kier molecular flexibility index (Phi) is 5.77. The van der Waals surface area contributed by atoms with E-state index in [9.17, 15) is 5.48 Å². The normalized spacial score (nSPS) is 19.1. The summed E-state index contributed by atoms with van der Waals surface area (Å²) in [5, 5.41) is 0. The van der Waals surface area contributed by atoms with Crippen LogP contribution in [0.4, 0.5) is 17.1 Å². The third kappa shape index (κ3) is 4.89. The summed E-state index contributed by atoms with van der Waals surface area (Å²) in [7, 11) is 0. The summed E-state index contributed by atoms with van der Waals surface area (Å²) in [5.74, 6) is 0. The molecule has 0 aromatic heterocycles. The van der Waals surface area contributed by atoms with Gasteiger partial charge in [-0.3, -0.25) is 0 Å². The van der Waals surface area contributed by atoms with Gasteiger partial charge in [-0.2, -0.15) is 0 Å². The Morgan fingerprint density at radius 1 is 0.344 bits per heavy atom. The van der Waals surface area contributed by atoms with Crippen LogP contribution in [0.5, 0.6) is 0 Å². The van der Waals surface area contributed by atoms with E-state index in [2.05, 4.69) is 135 Å². The molecular formula is C60H45N. The Bertz CT molecular complexity index is 3660. The molecular weight excluding hydrogens is 735 g/mol. The van der Waals surface area contributed by atoms with Gasteiger partial charge in [-0.25, -0.2) is 0 Å². The van der Waals surface area contributed by atoms with Crippen LogP contribution in [-0.2, 0) is 16.2 Å². The van der Waals surface area contributed by atoms with Crippen LogP contribution in [0.3, 0.4) is 0 Å². The molecule has 290 valence electrons. The number of fused-ring (bicyclic) bond motifs is 9. The lowest BCUT2D eigenvalue weighted by Gasteiger charge is -2.35. The van der Waals surface area contributed by atoms with Crippen molar-refractivity contribution >= 4 is 17.1 Å². The van der Waals surface area contributed by atoms with Gasteiger partial charge in [0.1, 0.15) is 0 Å². The highest BCUT2D eigenvalue weighted by atomic mass is 15.1. The van der Waals surface area contributed by atoms with Crippen molar-refractivity contribution in [1.82, 2.24) is 0 Å². The largest absolute Gasteiger partial charge is 0.310 e. The molecule has 0 bridgehead atoms. The van der Waals surface area contributed by atoms with Crippen molar-refractivity contribution < 1.29 is 13.7 Å². The van der Waals surface area contributed by atoms with Gasteiger partial charge < -0.3 is 4.90 Å². The molecule has 9 aromatic rings. The van der Waals surface area contributed by atoms with E-state index in [0.717, 1.165) is 44.8 Å². The number of anilines is 3. The minimum atomic E-state index is -2.00. The predicted octanol–water partition coefficient (Wildman–Crippen LogP) is 15.2. The maximum absolute atomic E-state index is 9.62. The molecule has 61 heavy (non-hydrogen) atoms. The number of nitrogens with zero attached hydrogens (tertiary/aromatic N) is 1. The van der Waals surface area contributed by atoms with E-state index in [1.807, 2.05) is 36.4 Å². The van der Waals surface area contributed by atoms with E-state index in [1.165, 1.54) is 16.7 Å². The van der Waals surface area contributed by atoms with E-state index < -0.39 is 71.3 Å². The zero-order valence-corrected chi connectivity index (χ0v) is 34.0. The van der Waals surface area contributed by atoms with E-state index in [4.69, 9.17) is 8.22 Å². The van der Waals surface area contributed by atoms with E-state index >= 15 is 0 Å². The zero-order valence-electron chi connectivity index (χ0n) is 44.0. The highest BCUT2D eigenvalue weighted by Crippen LogP contribution is 2.59. The third-order valence-electron chi connectivity index (χ3n) is 13.8. The quantitative estimate of drug-likeness (QED) is 0.162. The second-order valence-electron chi connectivity index (χ2n) is 17.0. The molecule has 0 saturated heterocycles. The van der Waals surface area contributed by atoms with Crippen LogP contribution in [0.15, 0.2) is 218 Å². The average molecular weight is 790 g/mol. The molecule has 0 spiro atoms. The maximum Gasteiger partial charge on any atom is 0.0714 e. The summed E-state index contributed by atoms with van der Waals surface area (Å²) >= 11 is 0. The molecule has 0 aliphatic heterocycles. The SMILES string of the molecule is [2H]c1c([2H])c([2H])c(C2(c3c([2H])c([2H])c([2H])c([2H])c3[2H])c3ccccc3-c3ccc(N(c4ccc5c(c4)C(C)(C)c4ccccc4-5)c4ccc5c(c4)C(C)(c4ccccc4)c4ccccc4-5)cc32)c([2H])c1[2H]. The summed E-state index contributed by atoms with van der Waals surface area (Å²) in [5.41, 5.74) is 11.6. The minimum absolute atomic E-state index is 0.206. The second kappa shape index (κ2) is 13.1. The van der Waals surface area contributed by atoms with Crippen molar-refractivity contribution in [2.75, 3.05) is 4.90 Å². The molecule has 12 rings (SSSR count). The van der Waals surface area contributed by atoms with Gasteiger partial charge >= 0.3 is 0 Å². The lowest BCUT2D eigenvalue weighted by atomic mass is 9.67. The van der Waals surface area contributed by atoms with E-state index in [0.29, 0.717) is 27.9 Å². The summed E-state index contributed by atoms with van der Waals surface area (Å²) in [4.78, 5) is 2.19. The summed E-state index contributed by atoms with van der Waals surface area (Å²) in [6, 6.07) is 48.1. The third-order valence-corrected chi connectivity index (χ3v) is 13.8. The van der Waals surface area contributed by atoms with Gasteiger partial charge in [0.25, 0.3) is 0 Å². The van der Waals surface area contributed by atoms with Crippen molar-refractivity contribution in [3.63, 3.8) is 0 Å². The van der Waals surface area contributed by atoms with Crippen LogP contribution in [0, 0.1) is 0 Å². The summed E-state index contributed by atoms with van der Waals surface area (Å²) in [6.45, 7) is 6.76. The predicted molar refractivity (Wildman–Crippen MR) is 253 cm³/mol. The molecule has 1 unspecified atom stereocenters. The van der Waals surface area contributed by atoms with Crippen LogP contribution < -0.4 is 4.90 Å². The summed E-state index contributed by atoms with van der Waals surface area (Å²) < 4.78 is 91.8. The lowest BCUT2D eigenvalue weighted by molar-refractivity contribution is 0.660. The van der Waals surface area contributed by atoms with Crippen LogP contribution in [0.25, 0.3) is 33.4 Å². The van der Waals surface area contributed by atoms with Crippen molar-refractivity contribution in [2.45, 2.75) is 37.0 Å². The Labute approximate surface area is 373 Å². The lowest BCUT2D eigenvalue weighted by Crippen LogP contribution is -2.28. The molecule has 3 aliphatic carbocycles. The Hall–Kier alpha value is -7.22. The van der Waals surface area contributed by atoms with Crippen LogP contribution in [0.1, 0.15) is 84.5 Å². The standard InChI is InChI=1S/C60H45N/c1-58(2)52-28-16-13-25-46(52)49-34-31-43(37-55(49)58)61(44-32-35-50-47-26-14-17-29-53(47)59(3,56(50)38-44)40-19-7-4-8-20-40)45-33-36-51-48-27-15-18-30-54(48)60(57(51)39-45,41-21-9-5-10-22-41)42-23-11-6-12-24-42/h4-39H,1-3H3/i5D,6D,9D,10D,11D,12D,21D,22D,23D,24D.